The predicted octanol–water partition coefficient (Wildman–Crippen LogP) is 0.141. The molecule has 0 radical (unpaired) electrons. The zero-order chi connectivity index (χ0) is 23.7. The zero-order valence-corrected chi connectivity index (χ0v) is 18.6. The molecule has 178 valence electrons. The Hall–Kier alpha value is -2.22. The number of hydrogen-bond acceptors (Lipinski definition) is 10. The molecule has 1 aliphatic rings. The molecule has 2 aromatic rings. The van der Waals surface area contributed by atoms with Gasteiger partial charge in [0.1, 0.15) is 31.2 Å². The number of nitrogens with one attached hydrogen (secondary N) is 1. The van der Waals surface area contributed by atoms with Crippen LogP contribution in [0.1, 0.15) is 32.6 Å². The Morgan fingerprint density at radius 1 is 1.50 bits per heavy atom. The molecule has 3 rings (SSSR count). The lowest BCUT2D eigenvalue weighted by Gasteiger charge is -2.23. The summed E-state index contributed by atoms with van der Waals surface area (Å²) in [6, 6.07) is 0. The number of ether oxygens (including phenoxy) is 2. The second-order valence-corrected chi connectivity index (χ2v) is 9.38. The number of esters is 1. The average Bonchev–Trinajstić information content (AvgIpc) is 3.24. The van der Waals surface area contributed by atoms with Crippen molar-refractivity contribution in [2.24, 2.45) is 5.92 Å². The van der Waals surface area contributed by atoms with Crippen molar-refractivity contribution in [3.8, 4) is 0 Å². The Bertz CT molecular complexity index is 1020. The average molecular weight is 476 g/mol. The summed E-state index contributed by atoms with van der Waals surface area (Å²) < 4.78 is 44.2. The van der Waals surface area contributed by atoms with Crippen molar-refractivity contribution >= 4 is 25.2 Å². The minimum Gasteiger partial charge on any atom is -0.464 e. The maximum atomic E-state index is 15.4. The number of rotatable bonds is 9. The SMILES string of the molecule is CC(C)C(=O)OCCNP(=O)(O)OC[C@H]1O[C@@H](c2cnc3c(N)ncnn23)[C@](C)(F)[C@@H]1O. The van der Waals surface area contributed by atoms with Gasteiger partial charge in [-0.25, -0.2) is 28.5 Å². The zero-order valence-electron chi connectivity index (χ0n) is 17.7. The third-order valence-electron chi connectivity index (χ3n) is 4.92. The van der Waals surface area contributed by atoms with Crippen molar-refractivity contribution in [2.45, 2.75) is 44.8 Å². The van der Waals surface area contributed by atoms with Gasteiger partial charge in [-0.15, -0.1) is 0 Å². The third-order valence-corrected chi connectivity index (χ3v) is 6.05. The number of alkyl halides is 1. The minimum absolute atomic E-state index is 0.0802. The highest BCUT2D eigenvalue weighted by molar-refractivity contribution is 7.50. The number of nitrogens with two attached hydrogens (primary N) is 1. The molecule has 1 unspecified atom stereocenters. The van der Waals surface area contributed by atoms with Gasteiger partial charge in [0.15, 0.2) is 17.1 Å². The third kappa shape index (κ3) is 5.05. The fourth-order valence-corrected chi connectivity index (χ4v) is 3.96. The van der Waals surface area contributed by atoms with Crippen LogP contribution in [-0.4, -0.2) is 73.2 Å². The van der Waals surface area contributed by atoms with Crippen molar-refractivity contribution in [3.63, 3.8) is 0 Å². The van der Waals surface area contributed by atoms with Gasteiger partial charge in [0, 0.05) is 6.54 Å². The van der Waals surface area contributed by atoms with Crippen LogP contribution in [0, 0.1) is 5.92 Å². The van der Waals surface area contributed by atoms with E-state index in [2.05, 4.69) is 20.2 Å². The number of carbonyl (C=O) groups is 1. The quantitative estimate of drug-likeness (QED) is 0.218. The summed E-state index contributed by atoms with van der Waals surface area (Å²) in [6.45, 7) is 3.57. The molecule has 0 amide bonds. The topological polar surface area (TPSA) is 183 Å². The summed E-state index contributed by atoms with van der Waals surface area (Å²) in [5.41, 5.74) is 3.82. The first kappa shape index (κ1) is 24.4. The molecule has 0 saturated carbocycles. The number of anilines is 1. The van der Waals surface area contributed by atoms with E-state index in [4.69, 9.17) is 19.7 Å². The summed E-state index contributed by atoms with van der Waals surface area (Å²) in [6.07, 6.45) is -1.78. The van der Waals surface area contributed by atoms with E-state index in [9.17, 15) is 19.4 Å². The van der Waals surface area contributed by atoms with Crippen LogP contribution in [-0.2, 0) is 23.4 Å². The van der Waals surface area contributed by atoms with Crippen LogP contribution < -0.4 is 10.8 Å². The summed E-state index contributed by atoms with van der Waals surface area (Å²) in [5, 5.41) is 16.6. The van der Waals surface area contributed by atoms with Crippen molar-refractivity contribution < 1.29 is 37.7 Å². The first-order valence-corrected chi connectivity index (χ1v) is 11.4. The van der Waals surface area contributed by atoms with E-state index < -0.39 is 44.3 Å². The molecule has 0 aromatic carbocycles. The van der Waals surface area contributed by atoms with Crippen LogP contribution in [0.3, 0.4) is 0 Å². The maximum Gasteiger partial charge on any atom is 0.403 e. The Balaban J connectivity index is 1.61. The lowest BCUT2D eigenvalue weighted by Crippen LogP contribution is -2.40. The number of imidazole rings is 1. The second-order valence-electron chi connectivity index (χ2n) is 7.76. The summed E-state index contributed by atoms with van der Waals surface area (Å²) in [4.78, 5) is 29.1. The molecule has 0 spiro atoms. The highest BCUT2D eigenvalue weighted by atomic mass is 31.2. The molecule has 15 heteroatoms. The standard InChI is InChI=1S/C17H26FN6O7P/c1-9(2)16(26)29-5-4-23-32(27,28)30-7-11-12(25)17(3,18)13(31-11)10-6-20-15-14(19)21-8-22-24(10)15/h6,8-9,11-13,25H,4-5,7H2,1-3H3,(H2,19,21,22)(H2,23,27,28)/t11-,12-,13+,17-/m1/s1. The fourth-order valence-electron chi connectivity index (χ4n) is 3.15. The molecule has 5 N–H and O–H groups in total. The minimum atomic E-state index is -4.33. The smallest absolute Gasteiger partial charge is 0.403 e. The van der Waals surface area contributed by atoms with Gasteiger partial charge in [0.05, 0.1) is 24.4 Å². The van der Waals surface area contributed by atoms with Crippen LogP contribution in [0.4, 0.5) is 10.2 Å². The lowest BCUT2D eigenvalue weighted by molar-refractivity contribution is -0.147. The number of fused-ring (bicyclic) bond motifs is 1. The molecule has 0 bridgehead atoms. The molecule has 1 saturated heterocycles. The highest BCUT2D eigenvalue weighted by Gasteiger charge is 2.56. The van der Waals surface area contributed by atoms with Gasteiger partial charge < -0.3 is 25.2 Å². The number of aromatic nitrogens is 4. The number of nitrogens with zero attached hydrogens (tertiary/aromatic N) is 4. The monoisotopic (exact) mass is 476 g/mol. The lowest BCUT2D eigenvalue weighted by atomic mass is 9.93. The molecule has 5 atom stereocenters. The summed E-state index contributed by atoms with van der Waals surface area (Å²) in [5.74, 6) is -0.695. The van der Waals surface area contributed by atoms with Gasteiger partial charge in [-0.3, -0.25) is 9.32 Å². The van der Waals surface area contributed by atoms with Gasteiger partial charge in [0.2, 0.25) is 0 Å². The first-order valence-electron chi connectivity index (χ1n) is 9.79. The van der Waals surface area contributed by atoms with Crippen molar-refractivity contribution in [1.82, 2.24) is 24.7 Å². The molecule has 3 heterocycles. The number of aliphatic hydroxyl groups is 1. The number of carbonyl (C=O) groups excluding carboxylic acids is 1. The van der Waals surface area contributed by atoms with Gasteiger partial charge in [-0.2, -0.15) is 5.10 Å². The van der Waals surface area contributed by atoms with E-state index in [1.54, 1.807) is 13.8 Å². The summed E-state index contributed by atoms with van der Waals surface area (Å²) >= 11 is 0. The first-order chi connectivity index (χ1) is 14.9. The van der Waals surface area contributed by atoms with Crippen molar-refractivity contribution in [3.05, 3.63) is 18.2 Å². The highest BCUT2D eigenvalue weighted by Crippen LogP contribution is 2.46. The predicted molar refractivity (Wildman–Crippen MR) is 108 cm³/mol. The van der Waals surface area contributed by atoms with Gasteiger partial charge in [-0.05, 0) is 6.92 Å². The number of halogens is 1. The molecular weight excluding hydrogens is 450 g/mol. The van der Waals surface area contributed by atoms with Crippen molar-refractivity contribution in [2.75, 3.05) is 25.5 Å². The normalized spacial score (nSPS) is 27.7. The van der Waals surface area contributed by atoms with Crippen molar-refractivity contribution in [1.29, 1.82) is 0 Å². The molecule has 13 nitrogen and oxygen atoms in total. The Labute approximate surface area is 182 Å². The number of hydrogen-bond donors (Lipinski definition) is 4. The molecule has 2 aromatic heterocycles. The number of nitrogen functional groups attached to an aromatic ring is 1. The molecule has 0 aliphatic carbocycles. The van der Waals surface area contributed by atoms with Crippen LogP contribution in [0.15, 0.2) is 12.5 Å². The molecular formula is C17H26FN6O7P. The Morgan fingerprint density at radius 3 is 2.91 bits per heavy atom. The van der Waals surface area contributed by atoms with Gasteiger partial charge >= 0.3 is 13.7 Å². The van der Waals surface area contributed by atoms with Crippen LogP contribution in [0.2, 0.25) is 0 Å². The van der Waals surface area contributed by atoms with Gasteiger partial charge in [0.25, 0.3) is 0 Å². The van der Waals surface area contributed by atoms with E-state index in [-0.39, 0.29) is 36.2 Å². The Morgan fingerprint density at radius 2 is 2.22 bits per heavy atom. The van der Waals surface area contributed by atoms with Crippen LogP contribution in [0.25, 0.3) is 5.65 Å². The second kappa shape index (κ2) is 9.33. The van der Waals surface area contributed by atoms with E-state index >= 15 is 4.39 Å². The summed E-state index contributed by atoms with van der Waals surface area (Å²) in [7, 11) is -4.33. The Kier molecular flexibility index (Phi) is 7.12. The van der Waals surface area contributed by atoms with Gasteiger partial charge in [-0.1, -0.05) is 13.8 Å². The van der Waals surface area contributed by atoms with E-state index in [0.29, 0.717) is 0 Å². The molecule has 1 fully saturated rings. The maximum absolute atomic E-state index is 15.4. The van der Waals surface area contributed by atoms with E-state index in [1.807, 2.05) is 0 Å². The molecule has 1 aliphatic heterocycles. The number of aliphatic hydroxyl groups excluding tert-OH is 1. The van der Waals surface area contributed by atoms with E-state index in [1.165, 1.54) is 17.0 Å². The largest absolute Gasteiger partial charge is 0.464 e. The fraction of sp³-hybridized carbons (Fsp3) is 0.647. The van der Waals surface area contributed by atoms with Crippen LogP contribution in [0.5, 0.6) is 0 Å². The van der Waals surface area contributed by atoms with Crippen LogP contribution >= 0.6 is 7.75 Å². The molecule has 32 heavy (non-hydrogen) atoms. The van der Waals surface area contributed by atoms with E-state index in [0.717, 1.165) is 6.92 Å².